The molecule has 3 rings (SSSR count). The summed E-state index contributed by atoms with van der Waals surface area (Å²) >= 11 is 0. The monoisotopic (exact) mass is 368 g/mol. The first-order valence-electron chi connectivity index (χ1n) is 9.29. The first-order chi connectivity index (χ1) is 13.0. The Bertz CT molecular complexity index is 833. The van der Waals surface area contributed by atoms with E-state index in [-0.39, 0.29) is 5.91 Å². The molecule has 1 aliphatic rings. The molecule has 2 aromatic rings. The first-order valence-corrected chi connectivity index (χ1v) is 9.29. The molecule has 27 heavy (non-hydrogen) atoms. The standard InChI is InChI=1S/C20H28N6O/c1-15-18(16(2)25(4)23-15)7-8-19(27)22-14-17-6-5-9-21-20(17)26-12-10-24(3)11-13-26/h5-9H,10-14H2,1-4H3,(H,22,27)/b8-7+. The zero-order valence-electron chi connectivity index (χ0n) is 16.6. The third-order valence-electron chi connectivity index (χ3n) is 5.09. The van der Waals surface area contributed by atoms with Gasteiger partial charge in [-0.25, -0.2) is 4.98 Å². The summed E-state index contributed by atoms with van der Waals surface area (Å²) in [6.45, 7) is 8.35. The Morgan fingerprint density at radius 3 is 2.63 bits per heavy atom. The number of rotatable bonds is 5. The van der Waals surface area contributed by atoms with Crippen LogP contribution in [0.2, 0.25) is 0 Å². The Hall–Kier alpha value is -2.67. The fraction of sp³-hybridized carbons (Fsp3) is 0.450. The number of piperazine rings is 1. The second kappa shape index (κ2) is 8.35. The molecule has 0 radical (unpaired) electrons. The van der Waals surface area contributed by atoms with E-state index in [4.69, 9.17) is 0 Å². The Balaban J connectivity index is 1.63. The van der Waals surface area contributed by atoms with E-state index < -0.39 is 0 Å². The molecule has 0 spiro atoms. The molecule has 0 bridgehead atoms. The third kappa shape index (κ3) is 4.54. The van der Waals surface area contributed by atoms with Gasteiger partial charge in [-0.05, 0) is 33.0 Å². The lowest BCUT2D eigenvalue weighted by atomic mass is 10.2. The van der Waals surface area contributed by atoms with E-state index in [2.05, 4.69) is 32.2 Å². The number of likely N-dealkylation sites (N-methyl/N-ethyl adjacent to an activating group) is 1. The van der Waals surface area contributed by atoms with Crippen molar-refractivity contribution in [2.75, 3.05) is 38.1 Å². The molecule has 0 saturated carbocycles. The number of anilines is 1. The fourth-order valence-corrected chi connectivity index (χ4v) is 3.30. The number of nitrogens with zero attached hydrogens (tertiary/aromatic N) is 5. The molecule has 0 aliphatic carbocycles. The van der Waals surface area contributed by atoms with Crippen LogP contribution < -0.4 is 10.2 Å². The molecule has 7 nitrogen and oxygen atoms in total. The van der Waals surface area contributed by atoms with Crippen LogP contribution in [0.4, 0.5) is 5.82 Å². The third-order valence-corrected chi connectivity index (χ3v) is 5.09. The maximum absolute atomic E-state index is 12.3. The van der Waals surface area contributed by atoms with E-state index in [0.717, 1.165) is 54.5 Å². The van der Waals surface area contributed by atoms with Gasteiger partial charge in [0, 0.05) is 68.9 Å². The van der Waals surface area contributed by atoms with Gasteiger partial charge in [-0.3, -0.25) is 9.48 Å². The quantitative estimate of drug-likeness (QED) is 0.811. The summed E-state index contributed by atoms with van der Waals surface area (Å²) in [6.07, 6.45) is 5.22. The minimum absolute atomic E-state index is 0.120. The first kappa shape index (κ1) is 19.1. The van der Waals surface area contributed by atoms with Crippen LogP contribution in [0.15, 0.2) is 24.4 Å². The van der Waals surface area contributed by atoms with Crippen LogP contribution >= 0.6 is 0 Å². The normalized spacial score (nSPS) is 15.5. The number of aromatic nitrogens is 3. The molecule has 1 N–H and O–H groups in total. The van der Waals surface area contributed by atoms with Crippen LogP contribution in [-0.2, 0) is 18.4 Å². The van der Waals surface area contributed by atoms with E-state index >= 15 is 0 Å². The van der Waals surface area contributed by atoms with Crippen molar-refractivity contribution in [2.45, 2.75) is 20.4 Å². The summed E-state index contributed by atoms with van der Waals surface area (Å²) in [6, 6.07) is 3.94. The van der Waals surface area contributed by atoms with Crippen molar-refractivity contribution in [3.63, 3.8) is 0 Å². The van der Waals surface area contributed by atoms with Gasteiger partial charge in [0.25, 0.3) is 0 Å². The summed E-state index contributed by atoms with van der Waals surface area (Å²) in [5.74, 6) is 0.847. The van der Waals surface area contributed by atoms with Crippen molar-refractivity contribution in [1.82, 2.24) is 25.0 Å². The number of pyridine rings is 1. The van der Waals surface area contributed by atoms with E-state index in [1.165, 1.54) is 0 Å². The number of aryl methyl sites for hydroxylation is 2. The lowest BCUT2D eigenvalue weighted by Gasteiger charge is -2.34. The topological polar surface area (TPSA) is 66.3 Å². The molecule has 144 valence electrons. The average Bonchev–Trinajstić information content (AvgIpc) is 2.91. The Kier molecular flexibility index (Phi) is 5.91. The van der Waals surface area contributed by atoms with E-state index in [0.29, 0.717) is 6.54 Å². The predicted molar refractivity (Wildman–Crippen MR) is 108 cm³/mol. The maximum atomic E-state index is 12.3. The largest absolute Gasteiger partial charge is 0.354 e. The average molecular weight is 368 g/mol. The zero-order chi connectivity index (χ0) is 19.4. The zero-order valence-corrected chi connectivity index (χ0v) is 16.6. The predicted octanol–water partition coefficient (Wildman–Crippen LogP) is 1.51. The molecule has 3 heterocycles. The van der Waals surface area contributed by atoms with Crippen LogP contribution in [0.5, 0.6) is 0 Å². The SMILES string of the molecule is Cc1nn(C)c(C)c1/C=C/C(=O)NCc1cccnc1N1CCN(C)CC1. The van der Waals surface area contributed by atoms with Crippen LogP contribution in [0.25, 0.3) is 6.08 Å². The summed E-state index contributed by atoms with van der Waals surface area (Å²) < 4.78 is 1.82. The number of carbonyl (C=O) groups excluding carboxylic acids is 1. The van der Waals surface area contributed by atoms with Crippen molar-refractivity contribution in [2.24, 2.45) is 7.05 Å². The number of nitrogens with one attached hydrogen (secondary N) is 1. The molecule has 1 aliphatic heterocycles. The second-order valence-electron chi connectivity index (χ2n) is 7.04. The van der Waals surface area contributed by atoms with Crippen LogP contribution in [0.1, 0.15) is 22.5 Å². The molecule has 7 heteroatoms. The van der Waals surface area contributed by atoms with E-state index in [1.54, 1.807) is 6.08 Å². The van der Waals surface area contributed by atoms with Gasteiger partial charge in [0.15, 0.2) is 0 Å². The lowest BCUT2D eigenvalue weighted by molar-refractivity contribution is -0.116. The molecule has 0 atom stereocenters. The highest BCUT2D eigenvalue weighted by Gasteiger charge is 2.18. The molecular weight excluding hydrogens is 340 g/mol. The molecule has 1 saturated heterocycles. The maximum Gasteiger partial charge on any atom is 0.244 e. The molecule has 0 unspecified atom stereocenters. The van der Waals surface area contributed by atoms with Gasteiger partial charge in [-0.2, -0.15) is 5.10 Å². The smallest absolute Gasteiger partial charge is 0.244 e. The van der Waals surface area contributed by atoms with E-state index in [1.807, 2.05) is 50.0 Å². The Labute approximate surface area is 160 Å². The van der Waals surface area contributed by atoms with Crippen LogP contribution in [-0.4, -0.2) is 58.8 Å². The van der Waals surface area contributed by atoms with Crippen molar-refractivity contribution >= 4 is 17.8 Å². The van der Waals surface area contributed by atoms with Crippen molar-refractivity contribution in [3.8, 4) is 0 Å². The highest BCUT2D eigenvalue weighted by molar-refractivity contribution is 5.92. The van der Waals surface area contributed by atoms with Gasteiger partial charge in [0.1, 0.15) is 5.82 Å². The van der Waals surface area contributed by atoms with Crippen LogP contribution in [0, 0.1) is 13.8 Å². The second-order valence-corrected chi connectivity index (χ2v) is 7.04. The van der Waals surface area contributed by atoms with Gasteiger partial charge in [0.2, 0.25) is 5.91 Å². The highest BCUT2D eigenvalue weighted by Crippen LogP contribution is 2.18. The molecule has 2 aromatic heterocycles. The van der Waals surface area contributed by atoms with Gasteiger partial charge in [0.05, 0.1) is 5.69 Å². The van der Waals surface area contributed by atoms with Crippen LogP contribution in [0.3, 0.4) is 0 Å². The van der Waals surface area contributed by atoms with Crippen molar-refractivity contribution < 1.29 is 4.79 Å². The molecule has 1 amide bonds. The summed E-state index contributed by atoms with van der Waals surface area (Å²) in [7, 11) is 4.04. The lowest BCUT2D eigenvalue weighted by Crippen LogP contribution is -2.45. The summed E-state index contributed by atoms with van der Waals surface area (Å²) in [5, 5.41) is 7.34. The number of amides is 1. The van der Waals surface area contributed by atoms with Crippen molar-refractivity contribution in [1.29, 1.82) is 0 Å². The minimum atomic E-state index is -0.120. The number of hydrogen-bond acceptors (Lipinski definition) is 5. The Morgan fingerprint density at radius 1 is 1.22 bits per heavy atom. The van der Waals surface area contributed by atoms with Gasteiger partial charge in [-0.15, -0.1) is 0 Å². The molecule has 0 aromatic carbocycles. The summed E-state index contributed by atoms with van der Waals surface area (Å²) in [4.78, 5) is 21.4. The highest BCUT2D eigenvalue weighted by atomic mass is 16.1. The number of carbonyl (C=O) groups is 1. The molecule has 1 fully saturated rings. The fourth-order valence-electron chi connectivity index (χ4n) is 3.30. The van der Waals surface area contributed by atoms with Gasteiger partial charge >= 0.3 is 0 Å². The van der Waals surface area contributed by atoms with E-state index in [9.17, 15) is 4.79 Å². The Morgan fingerprint density at radius 2 is 1.96 bits per heavy atom. The van der Waals surface area contributed by atoms with Gasteiger partial charge < -0.3 is 15.1 Å². The van der Waals surface area contributed by atoms with Gasteiger partial charge in [-0.1, -0.05) is 6.07 Å². The summed E-state index contributed by atoms with van der Waals surface area (Å²) in [5.41, 5.74) is 3.99. The number of hydrogen-bond donors (Lipinski definition) is 1. The van der Waals surface area contributed by atoms with Crippen molar-refractivity contribution in [3.05, 3.63) is 46.9 Å². The molecular formula is C20H28N6O. The minimum Gasteiger partial charge on any atom is -0.354 e.